The van der Waals surface area contributed by atoms with Gasteiger partial charge in [0.15, 0.2) is 0 Å². The first-order valence-corrected chi connectivity index (χ1v) is 8.39. The van der Waals surface area contributed by atoms with Crippen molar-refractivity contribution in [1.29, 1.82) is 0 Å². The van der Waals surface area contributed by atoms with Crippen LogP contribution in [-0.2, 0) is 10.0 Å². The number of carbonyl (C=O) groups excluding carboxylic acids is 1. The van der Waals surface area contributed by atoms with Gasteiger partial charge in [-0.3, -0.25) is 4.79 Å². The highest BCUT2D eigenvalue weighted by atomic mass is 32.2. The van der Waals surface area contributed by atoms with Crippen LogP contribution >= 0.6 is 0 Å². The molecule has 21 heavy (non-hydrogen) atoms. The lowest BCUT2D eigenvalue weighted by Crippen LogP contribution is -2.35. The largest absolute Gasteiger partial charge is 0.497 e. The van der Waals surface area contributed by atoms with E-state index in [1.807, 2.05) is 13.8 Å². The Balaban J connectivity index is 2.46. The minimum atomic E-state index is -3.36. The molecule has 7 heteroatoms. The molecule has 118 valence electrons. The molecule has 1 aromatic carbocycles. The Kier molecular flexibility index (Phi) is 6.64. The Morgan fingerprint density at radius 2 is 2.05 bits per heavy atom. The average Bonchev–Trinajstić information content (AvgIpc) is 2.45. The monoisotopic (exact) mass is 314 g/mol. The molecule has 0 spiro atoms. The molecule has 0 aliphatic carbocycles. The van der Waals surface area contributed by atoms with Gasteiger partial charge in [0.05, 0.1) is 12.9 Å². The van der Waals surface area contributed by atoms with Crippen LogP contribution in [-0.4, -0.2) is 40.3 Å². The maximum Gasteiger partial charge on any atom is 0.251 e. The van der Waals surface area contributed by atoms with Crippen LogP contribution in [0.4, 0.5) is 0 Å². The third-order valence-electron chi connectivity index (χ3n) is 2.70. The fourth-order valence-corrected chi connectivity index (χ4v) is 2.63. The summed E-state index contributed by atoms with van der Waals surface area (Å²) in [5.41, 5.74) is 0.432. The third kappa shape index (κ3) is 6.59. The topological polar surface area (TPSA) is 84.5 Å². The molecule has 0 unspecified atom stereocenters. The van der Waals surface area contributed by atoms with Crippen LogP contribution in [0.2, 0.25) is 0 Å². The van der Waals surface area contributed by atoms with Gasteiger partial charge in [-0.05, 0) is 24.1 Å². The summed E-state index contributed by atoms with van der Waals surface area (Å²) in [7, 11) is -1.84. The summed E-state index contributed by atoms with van der Waals surface area (Å²) in [6, 6.07) is 6.68. The summed E-state index contributed by atoms with van der Waals surface area (Å²) in [5, 5.41) is 2.58. The van der Waals surface area contributed by atoms with E-state index in [-0.39, 0.29) is 24.1 Å². The third-order valence-corrected chi connectivity index (χ3v) is 4.05. The van der Waals surface area contributed by atoms with Crippen molar-refractivity contribution in [1.82, 2.24) is 10.0 Å². The highest BCUT2D eigenvalue weighted by Crippen LogP contribution is 2.12. The predicted molar refractivity (Wildman–Crippen MR) is 82.0 cm³/mol. The van der Waals surface area contributed by atoms with E-state index in [2.05, 4.69) is 10.0 Å². The molecule has 1 rings (SSSR count). The molecular formula is C14H22N2O4S. The molecule has 1 amide bonds. The highest BCUT2D eigenvalue weighted by Gasteiger charge is 2.12. The molecule has 0 radical (unpaired) electrons. The van der Waals surface area contributed by atoms with Crippen molar-refractivity contribution in [2.45, 2.75) is 13.8 Å². The SMILES string of the molecule is COc1cccc(C(=O)NCCS(=O)(=O)NCC(C)C)c1. The van der Waals surface area contributed by atoms with Gasteiger partial charge in [0.2, 0.25) is 10.0 Å². The van der Waals surface area contributed by atoms with Crippen LogP contribution in [0.3, 0.4) is 0 Å². The van der Waals surface area contributed by atoms with E-state index in [1.165, 1.54) is 7.11 Å². The smallest absolute Gasteiger partial charge is 0.251 e. The van der Waals surface area contributed by atoms with Crippen LogP contribution in [0, 0.1) is 5.92 Å². The van der Waals surface area contributed by atoms with Crippen molar-refractivity contribution >= 4 is 15.9 Å². The van der Waals surface area contributed by atoms with Gasteiger partial charge < -0.3 is 10.1 Å². The van der Waals surface area contributed by atoms with E-state index in [0.29, 0.717) is 17.9 Å². The van der Waals surface area contributed by atoms with Crippen LogP contribution in [0.25, 0.3) is 0 Å². The molecule has 0 aliphatic rings. The van der Waals surface area contributed by atoms with Gasteiger partial charge in [-0.25, -0.2) is 13.1 Å². The van der Waals surface area contributed by atoms with Gasteiger partial charge in [0, 0.05) is 18.7 Å². The quantitative estimate of drug-likeness (QED) is 0.750. The van der Waals surface area contributed by atoms with Crippen LogP contribution in [0.1, 0.15) is 24.2 Å². The number of amides is 1. The van der Waals surface area contributed by atoms with Crippen molar-refractivity contribution in [3.05, 3.63) is 29.8 Å². The van der Waals surface area contributed by atoms with E-state index in [1.54, 1.807) is 24.3 Å². The fraction of sp³-hybridized carbons (Fsp3) is 0.500. The van der Waals surface area contributed by atoms with E-state index < -0.39 is 10.0 Å². The number of benzene rings is 1. The average molecular weight is 314 g/mol. The highest BCUT2D eigenvalue weighted by molar-refractivity contribution is 7.89. The first kappa shape index (κ1) is 17.5. The molecule has 0 saturated heterocycles. The van der Waals surface area contributed by atoms with Gasteiger partial charge in [0.25, 0.3) is 5.91 Å². The van der Waals surface area contributed by atoms with Crippen LogP contribution < -0.4 is 14.8 Å². The molecule has 0 fully saturated rings. The number of ether oxygens (including phenoxy) is 1. The number of hydrogen-bond donors (Lipinski definition) is 2. The van der Waals surface area contributed by atoms with Crippen molar-refractivity contribution in [3.8, 4) is 5.75 Å². The number of sulfonamides is 1. The lowest BCUT2D eigenvalue weighted by atomic mass is 10.2. The van der Waals surface area contributed by atoms with Gasteiger partial charge in [-0.15, -0.1) is 0 Å². The standard InChI is InChI=1S/C14H22N2O4S/c1-11(2)10-16-21(18,19)8-7-15-14(17)12-5-4-6-13(9-12)20-3/h4-6,9,11,16H,7-8,10H2,1-3H3,(H,15,17). The van der Waals surface area contributed by atoms with E-state index in [4.69, 9.17) is 4.74 Å². The molecular weight excluding hydrogens is 292 g/mol. The van der Waals surface area contributed by atoms with Gasteiger partial charge >= 0.3 is 0 Å². The zero-order chi connectivity index (χ0) is 15.9. The van der Waals surface area contributed by atoms with Crippen molar-refractivity contribution < 1.29 is 17.9 Å². The maximum absolute atomic E-state index is 11.9. The number of nitrogens with one attached hydrogen (secondary N) is 2. The Morgan fingerprint density at radius 1 is 1.33 bits per heavy atom. The summed E-state index contributed by atoms with van der Waals surface area (Å²) in [6.45, 7) is 4.30. The van der Waals surface area contributed by atoms with Crippen LogP contribution in [0.5, 0.6) is 5.75 Å². The molecule has 6 nitrogen and oxygen atoms in total. The van der Waals surface area contributed by atoms with Crippen molar-refractivity contribution in [2.24, 2.45) is 5.92 Å². The lowest BCUT2D eigenvalue weighted by Gasteiger charge is -2.10. The Labute approximate surface area is 125 Å². The minimum absolute atomic E-state index is 0.0590. The van der Waals surface area contributed by atoms with Crippen LogP contribution in [0.15, 0.2) is 24.3 Å². The summed E-state index contributed by atoms with van der Waals surface area (Å²) in [5.74, 6) is 0.350. The zero-order valence-corrected chi connectivity index (χ0v) is 13.4. The second-order valence-corrected chi connectivity index (χ2v) is 6.98. The summed E-state index contributed by atoms with van der Waals surface area (Å²) < 4.78 is 30.9. The Morgan fingerprint density at radius 3 is 2.67 bits per heavy atom. The predicted octanol–water partition coefficient (Wildman–Crippen LogP) is 1.00. The van der Waals surface area contributed by atoms with E-state index in [0.717, 1.165) is 0 Å². The number of carbonyl (C=O) groups is 1. The molecule has 1 aromatic rings. The minimum Gasteiger partial charge on any atom is -0.497 e. The molecule has 0 heterocycles. The second-order valence-electron chi connectivity index (χ2n) is 5.05. The summed E-state index contributed by atoms with van der Waals surface area (Å²) in [6.07, 6.45) is 0. The number of rotatable bonds is 8. The first-order valence-electron chi connectivity index (χ1n) is 6.73. The summed E-state index contributed by atoms with van der Waals surface area (Å²) in [4.78, 5) is 11.9. The normalized spacial score (nSPS) is 11.4. The number of methoxy groups -OCH3 is 1. The molecule has 0 aromatic heterocycles. The van der Waals surface area contributed by atoms with Gasteiger partial charge in [-0.1, -0.05) is 19.9 Å². The molecule has 0 atom stereocenters. The molecule has 0 bridgehead atoms. The molecule has 0 aliphatic heterocycles. The van der Waals surface area contributed by atoms with E-state index >= 15 is 0 Å². The Hall–Kier alpha value is -1.60. The molecule has 0 saturated carbocycles. The molecule has 2 N–H and O–H groups in total. The fourth-order valence-electron chi connectivity index (χ4n) is 1.53. The number of hydrogen-bond acceptors (Lipinski definition) is 4. The maximum atomic E-state index is 11.9. The van der Waals surface area contributed by atoms with Gasteiger partial charge in [-0.2, -0.15) is 0 Å². The van der Waals surface area contributed by atoms with Gasteiger partial charge in [0.1, 0.15) is 5.75 Å². The first-order chi connectivity index (χ1) is 9.84. The van der Waals surface area contributed by atoms with Crippen molar-refractivity contribution in [3.63, 3.8) is 0 Å². The Bertz CT molecular complexity index is 570. The zero-order valence-electron chi connectivity index (χ0n) is 12.5. The van der Waals surface area contributed by atoms with Crippen molar-refractivity contribution in [2.75, 3.05) is 26.0 Å². The second kappa shape index (κ2) is 7.99. The van der Waals surface area contributed by atoms with E-state index in [9.17, 15) is 13.2 Å². The summed E-state index contributed by atoms with van der Waals surface area (Å²) >= 11 is 0. The lowest BCUT2D eigenvalue weighted by molar-refractivity contribution is 0.0956.